The van der Waals surface area contributed by atoms with Gasteiger partial charge in [-0.05, 0) is 12.8 Å². The Kier molecular flexibility index (Phi) is 5.91. The highest BCUT2D eigenvalue weighted by atomic mass is 35.5. The van der Waals surface area contributed by atoms with Crippen LogP contribution in [-0.4, -0.2) is 54.8 Å². The summed E-state index contributed by atoms with van der Waals surface area (Å²) in [5, 5.41) is 0. The molecule has 19 heavy (non-hydrogen) atoms. The Morgan fingerprint density at radius 3 is 2.47 bits per heavy atom. The number of piperidine rings is 1. The summed E-state index contributed by atoms with van der Waals surface area (Å²) in [6.45, 7) is -0.0539. The van der Waals surface area contributed by atoms with E-state index < -0.39 is 29.0 Å². The molecule has 1 rings (SSSR count). The van der Waals surface area contributed by atoms with Gasteiger partial charge in [-0.3, -0.25) is 0 Å². The fourth-order valence-corrected chi connectivity index (χ4v) is 4.39. The maximum Gasteiger partial charge on any atom is 0.402 e. The van der Waals surface area contributed by atoms with Crippen molar-refractivity contribution in [3.05, 3.63) is 0 Å². The third-order valence-corrected chi connectivity index (χ3v) is 5.55. The second kappa shape index (κ2) is 6.60. The van der Waals surface area contributed by atoms with Crippen LogP contribution < -0.4 is 0 Å². The predicted molar refractivity (Wildman–Crippen MR) is 67.3 cm³/mol. The van der Waals surface area contributed by atoms with Crippen LogP contribution in [0.4, 0.5) is 13.2 Å². The van der Waals surface area contributed by atoms with Gasteiger partial charge < -0.3 is 0 Å². The van der Waals surface area contributed by atoms with E-state index in [2.05, 4.69) is 0 Å². The van der Waals surface area contributed by atoms with Crippen molar-refractivity contribution in [3.63, 3.8) is 0 Å². The molecule has 0 radical (unpaired) electrons. The van der Waals surface area contributed by atoms with Crippen LogP contribution in [0.15, 0.2) is 0 Å². The minimum absolute atomic E-state index is 0.100. The van der Waals surface area contributed by atoms with Crippen molar-refractivity contribution in [2.24, 2.45) is 0 Å². The number of hydrogen-bond acceptors (Lipinski definition) is 2. The maximum atomic E-state index is 12.4. The normalized spacial score (nSPS) is 22.9. The van der Waals surface area contributed by atoms with Crippen molar-refractivity contribution in [3.8, 4) is 0 Å². The first-order valence-electron chi connectivity index (χ1n) is 6.12. The molecule has 0 saturated carbocycles. The van der Waals surface area contributed by atoms with Gasteiger partial charge in [-0.2, -0.15) is 30.2 Å². The van der Waals surface area contributed by atoms with Crippen LogP contribution in [-0.2, 0) is 10.2 Å². The van der Waals surface area contributed by atoms with Crippen LogP contribution in [0.2, 0.25) is 0 Å². The number of hydrogen-bond donors (Lipinski definition) is 0. The van der Waals surface area contributed by atoms with Crippen molar-refractivity contribution < 1.29 is 21.6 Å². The maximum absolute atomic E-state index is 12.4. The van der Waals surface area contributed by atoms with Gasteiger partial charge in [0.15, 0.2) is 0 Å². The van der Waals surface area contributed by atoms with Gasteiger partial charge in [0, 0.05) is 25.0 Å². The molecule has 1 saturated heterocycles. The average molecular weight is 323 g/mol. The second-order valence-electron chi connectivity index (χ2n) is 4.46. The van der Waals surface area contributed by atoms with Crippen molar-refractivity contribution in [2.45, 2.75) is 38.4 Å². The van der Waals surface area contributed by atoms with E-state index in [1.54, 1.807) is 0 Å². The van der Waals surface area contributed by atoms with Crippen LogP contribution in [0.3, 0.4) is 0 Å². The Hall–Kier alpha value is -0.0500. The summed E-state index contributed by atoms with van der Waals surface area (Å²) >= 11 is 5.72. The van der Waals surface area contributed by atoms with Crippen molar-refractivity contribution in [1.82, 2.24) is 8.61 Å². The predicted octanol–water partition coefficient (Wildman–Crippen LogP) is 2.21. The highest BCUT2D eigenvalue weighted by Crippen LogP contribution is 2.26. The molecule has 114 valence electrons. The van der Waals surface area contributed by atoms with Crippen LogP contribution in [0, 0.1) is 0 Å². The molecule has 1 fully saturated rings. The summed E-state index contributed by atoms with van der Waals surface area (Å²) in [7, 11) is -4.11. The van der Waals surface area contributed by atoms with Crippen LogP contribution in [0.1, 0.15) is 26.2 Å². The smallest absolute Gasteiger partial charge is 0.195 e. The summed E-state index contributed by atoms with van der Waals surface area (Å²) < 4.78 is 63.3. The summed E-state index contributed by atoms with van der Waals surface area (Å²) in [6.07, 6.45) is -2.47. The van der Waals surface area contributed by atoms with Crippen molar-refractivity contribution in [2.75, 3.05) is 25.5 Å². The van der Waals surface area contributed by atoms with E-state index in [1.807, 2.05) is 0 Å². The Balaban J connectivity index is 2.92. The van der Waals surface area contributed by atoms with E-state index in [0.29, 0.717) is 17.1 Å². The van der Waals surface area contributed by atoms with Gasteiger partial charge in [-0.25, -0.2) is 0 Å². The molecule has 0 N–H and O–H groups in total. The molecule has 0 amide bonds. The summed E-state index contributed by atoms with van der Waals surface area (Å²) in [4.78, 5) is 0. The first kappa shape index (κ1) is 17.0. The topological polar surface area (TPSA) is 40.6 Å². The Morgan fingerprint density at radius 2 is 2.00 bits per heavy atom. The first-order valence-corrected chi connectivity index (χ1v) is 8.05. The van der Waals surface area contributed by atoms with E-state index in [9.17, 15) is 21.6 Å². The lowest BCUT2D eigenvalue weighted by Crippen LogP contribution is -2.53. The molecule has 9 heteroatoms. The highest BCUT2D eigenvalue weighted by molar-refractivity contribution is 7.86. The molecule has 1 unspecified atom stereocenters. The van der Waals surface area contributed by atoms with Gasteiger partial charge >= 0.3 is 6.18 Å². The summed E-state index contributed by atoms with van der Waals surface area (Å²) in [5.74, 6) is 0.100. The molecule has 0 spiro atoms. The minimum atomic E-state index is -4.55. The zero-order chi connectivity index (χ0) is 14.7. The van der Waals surface area contributed by atoms with Gasteiger partial charge in [-0.15, -0.1) is 11.6 Å². The highest BCUT2D eigenvalue weighted by Gasteiger charge is 2.40. The van der Waals surface area contributed by atoms with Crippen molar-refractivity contribution in [1.29, 1.82) is 0 Å². The molecule has 1 aliphatic rings. The molecule has 1 aliphatic heterocycles. The first-order chi connectivity index (χ1) is 8.72. The largest absolute Gasteiger partial charge is 0.402 e. The summed E-state index contributed by atoms with van der Waals surface area (Å²) in [5.41, 5.74) is 0. The third kappa shape index (κ3) is 4.47. The molecule has 0 aromatic rings. The van der Waals surface area contributed by atoms with Crippen LogP contribution >= 0.6 is 11.6 Å². The summed E-state index contributed by atoms with van der Waals surface area (Å²) in [6, 6.07) is -0.414. The zero-order valence-electron chi connectivity index (χ0n) is 10.7. The lowest BCUT2D eigenvalue weighted by atomic mass is 10.1. The minimum Gasteiger partial charge on any atom is -0.195 e. The molecule has 0 bridgehead atoms. The molecule has 0 aromatic heterocycles. The van der Waals surface area contributed by atoms with Gasteiger partial charge in [-0.1, -0.05) is 13.3 Å². The standard InChI is InChI=1S/C10H18ClF3N2O2S/c1-2-15(8-10(12,13)14)19(17,18)16-6-4-3-5-9(16)7-11/h9H,2-8H2,1H3. The number of halogens is 4. The van der Waals surface area contributed by atoms with Gasteiger partial charge in [0.25, 0.3) is 10.2 Å². The lowest BCUT2D eigenvalue weighted by Gasteiger charge is -2.37. The molecule has 1 atom stereocenters. The molecular formula is C10H18ClF3N2O2S. The molecular weight excluding hydrogens is 305 g/mol. The van der Waals surface area contributed by atoms with Crippen LogP contribution in [0.25, 0.3) is 0 Å². The molecule has 0 aromatic carbocycles. The zero-order valence-corrected chi connectivity index (χ0v) is 12.2. The molecule has 4 nitrogen and oxygen atoms in total. The van der Waals surface area contributed by atoms with Crippen molar-refractivity contribution >= 4 is 21.8 Å². The SMILES string of the molecule is CCN(CC(F)(F)F)S(=O)(=O)N1CCCCC1CCl. The van der Waals surface area contributed by atoms with Gasteiger partial charge in [0.2, 0.25) is 0 Å². The van der Waals surface area contributed by atoms with E-state index in [-0.39, 0.29) is 19.0 Å². The lowest BCUT2D eigenvalue weighted by molar-refractivity contribution is -0.136. The average Bonchev–Trinajstić information content (AvgIpc) is 2.34. The molecule has 0 aliphatic carbocycles. The second-order valence-corrected chi connectivity index (χ2v) is 6.65. The monoisotopic (exact) mass is 322 g/mol. The van der Waals surface area contributed by atoms with Crippen LogP contribution in [0.5, 0.6) is 0 Å². The Bertz CT molecular complexity index is 389. The van der Waals surface area contributed by atoms with E-state index >= 15 is 0 Å². The third-order valence-electron chi connectivity index (χ3n) is 3.08. The Labute approximate surface area is 116 Å². The van der Waals surface area contributed by atoms with Gasteiger partial charge in [0.05, 0.1) is 0 Å². The van der Waals surface area contributed by atoms with E-state index in [0.717, 1.165) is 10.7 Å². The number of rotatable bonds is 5. The van der Waals surface area contributed by atoms with E-state index in [1.165, 1.54) is 6.92 Å². The molecule has 1 heterocycles. The van der Waals surface area contributed by atoms with E-state index in [4.69, 9.17) is 11.6 Å². The Morgan fingerprint density at radius 1 is 1.37 bits per heavy atom. The number of nitrogens with zero attached hydrogens (tertiary/aromatic N) is 2. The quantitative estimate of drug-likeness (QED) is 0.728. The fourth-order valence-electron chi connectivity index (χ4n) is 2.14. The fraction of sp³-hybridized carbons (Fsp3) is 1.00. The van der Waals surface area contributed by atoms with Gasteiger partial charge in [0.1, 0.15) is 6.54 Å². The number of alkyl halides is 4.